The van der Waals surface area contributed by atoms with Crippen LogP contribution in [0.4, 0.5) is 5.69 Å². The lowest BCUT2D eigenvalue weighted by Crippen LogP contribution is -2.36. The van der Waals surface area contributed by atoms with Crippen LogP contribution < -0.4 is 5.32 Å². The molecule has 1 amide bonds. The van der Waals surface area contributed by atoms with Crippen LogP contribution >= 0.6 is 11.8 Å². The molecule has 0 radical (unpaired) electrons. The van der Waals surface area contributed by atoms with Crippen LogP contribution in [0.5, 0.6) is 0 Å². The van der Waals surface area contributed by atoms with Crippen molar-refractivity contribution >= 4 is 29.1 Å². The maximum absolute atomic E-state index is 12.9. The van der Waals surface area contributed by atoms with Crippen LogP contribution in [-0.4, -0.2) is 42.7 Å². The number of carbonyl (C=O) groups is 1. The van der Waals surface area contributed by atoms with Crippen molar-refractivity contribution in [1.82, 2.24) is 10.2 Å². The Labute approximate surface area is 231 Å². The molecule has 2 aromatic carbocycles. The van der Waals surface area contributed by atoms with Crippen LogP contribution in [0, 0.1) is 0 Å². The van der Waals surface area contributed by atoms with Crippen molar-refractivity contribution < 1.29 is 4.79 Å². The van der Waals surface area contributed by atoms with Gasteiger partial charge in [0.25, 0.3) is 5.91 Å². The number of aliphatic imine (C=N–C) groups is 1. The molecule has 0 saturated carbocycles. The largest absolute Gasteiger partial charge is 0.351 e. The first kappa shape index (κ1) is 32.9. The van der Waals surface area contributed by atoms with Crippen LogP contribution in [0.3, 0.4) is 0 Å². The van der Waals surface area contributed by atoms with Gasteiger partial charge in [-0.15, -0.1) is 0 Å². The summed E-state index contributed by atoms with van der Waals surface area (Å²) in [5.41, 5.74) is 3.90. The summed E-state index contributed by atoms with van der Waals surface area (Å²) in [4.78, 5) is 22.7. The predicted octanol–water partition coefficient (Wildman–Crippen LogP) is 9.15. The smallest absolute Gasteiger partial charge is 0.251 e. The lowest BCUT2D eigenvalue weighted by atomic mass is 10.1. The highest BCUT2D eigenvalue weighted by atomic mass is 32.2. The van der Waals surface area contributed by atoms with E-state index in [2.05, 4.69) is 69.1 Å². The van der Waals surface area contributed by atoms with E-state index >= 15 is 0 Å². The zero-order valence-electron chi connectivity index (χ0n) is 24.5. The molecule has 3 rings (SSSR count). The molecule has 5 heteroatoms. The molecule has 0 fully saturated rings. The van der Waals surface area contributed by atoms with Crippen molar-refractivity contribution in [1.29, 1.82) is 0 Å². The van der Waals surface area contributed by atoms with Crippen molar-refractivity contribution in [3.8, 4) is 0 Å². The highest BCUT2D eigenvalue weighted by molar-refractivity contribution is 7.99. The maximum atomic E-state index is 12.9. The second kappa shape index (κ2) is 19.9. The van der Waals surface area contributed by atoms with Gasteiger partial charge in [-0.05, 0) is 56.6 Å². The minimum atomic E-state index is -0.0160. The fraction of sp³-hybridized carbons (Fsp3) is 0.562. The first-order chi connectivity index (χ1) is 18.1. The zero-order valence-corrected chi connectivity index (χ0v) is 25.3. The summed E-state index contributed by atoms with van der Waals surface area (Å²) >= 11 is 1.74. The van der Waals surface area contributed by atoms with Crippen LogP contribution in [0.2, 0.25) is 0 Å². The number of amides is 1. The number of fused-ring (bicyclic) bond motifs is 2. The fourth-order valence-electron chi connectivity index (χ4n) is 3.91. The van der Waals surface area contributed by atoms with Gasteiger partial charge in [-0.25, -0.2) is 0 Å². The first-order valence-corrected chi connectivity index (χ1v) is 15.4. The number of carbonyl (C=O) groups excluding carboxylic acids is 1. The molecule has 1 heterocycles. The Bertz CT molecular complexity index is 933. The molecule has 0 aromatic heterocycles. The van der Waals surface area contributed by atoms with Gasteiger partial charge in [0.15, 0.2) is 0 Å². The van der Waals surface area contributed by atoms with Gasteiger partial charge in [0.2, 0.25) is 0 Å². The quantitative estimate of drug-likeness (QED) is 0.300. The Hall–Kier alpha value is -2.11. The molecule has 1 aliphatic rings. The monoisotopic (exact) mass is 525 g/mol. The molecule has 2 aromatic rings. The topological polar surface area (TPSA) is 44.7 Å². The molecule has 4 nitrogen and oxygen atoms in total. The SMILES string of the molecule is CC.CCC.CCCCN(CCCC)CCNC(=O)c1ccc2c(c1)N=C(CCC)c1ccccc1S2. The maximum Gasteiger partial charge on any atom is 0.251 e. The van der Waals surface area contributed by atoms with Crippen LogP contribution in [0.15, 0.2) is 57.2 Å². The van der Waals surface area contributed by atoms with Crippen molar-refractivity contribution in [2.24, 2.45) is 4.99 Å². The summed E-state index contributed by atoms with van der Waals surface area (Å²) < 4.78 is 0. The predicted molar refractivity (Wildman–Crippen MR) is 164 cm³/mol. The van der Waals surface area contributed by atoms with E-state index in [9.17, 15) is 4.79 Å². The minimum absolute atomic E-state index is 0.0160. The Morgan fingerprint density at radius 1 is 0.865 bits per heavy atom. The van der Waals surface area contributed by atoms with Crippen LogP contribution in [0.1, 0.15) is 109 Å². The molecule has 1 N–H and O–H groups in total. The Morgan fingerprint density at radius 2 is 1.51 bits per heavy atom. The van der Waals surface area contributed by atoms with E-state index in [1.54, 1.807) is 11.8 Å². The molecule has 1 aliphatic heterocycles. The zero-order chi connectivity index (χ0) is 27.5. The molecule has 0 aliphatic carbocycles. The molecule has 0 atom stereocenters. The van der Waals surface area contributed by atoms with E-state index in [1.165, 1.54) is 42.6 Å². The number of benzene rings is 2. The minimum Gasteiger partial charge on any atom is -0.351 e. The Balaban J connectivity index is 0.00000127. The molecule has 0 saturated heterocycles. The van der Waals surface area contributed by atoms with E-state index in [0.29, 0.717) is 12.1 Å². The normalized spacial score (nSPS) is 11.6. The van der Waals surface area contributed by atoms with E-state index in [0.717, 1.165) is 48.8 Å². The lowest BCUT2D eigenvalue weighted by molar-refractivity contribution is 0.0948. The van der Waals surface area contributed by atoms with E-state index in [4.69, 9.17) is 4.99 Å². The van der Waals surface area contributed by atoms with Gasteiger partial charge in [0.1, 0.15) is 0 Å². The lowest BCUT2D eigenvalue weighted by Gasteiger charge is -2.22. The van der Waals surface area contributed by atoms with E-state index in [-0.39, 0.29) is 5.91 Å². The second-order valence-electron chi connectivity index (χ2n) is 9.10. The van der Waals surface area contributed by atoms with Gasteiger partial charge in [-0.2, -0.15) is 0 Å². The van der Waals surface area contributed by atoms with Crippen molar-refractivity contribution in [3.63, 3.8) is 0 Å². The second-order valence-corrected chi connectivity index (χ2v) is 10.2. The molecular weight excluding hydrogens is 474 g/mol. The number of nitrogens with zero attached hydrogens (tertiary/aromatic N) is 2. The van der Waals surface area contributed by atoms with Crippen molar-refractivity contribution in [3.05, 3.63) is 53.6 Å². The van der Waals surface area contributed by atoms with Crippen molar-refractivity contribution in [2.45, 2.75) is 103 Å². The van der Waals surface area contributed by atoms with Gasteiger partial charge >= 0.3 is 0 Å². The summed E-state index contributed by atoms with van der Waals surface area (Å²) in [6.45, 7) is 18.7. The van der Waals surface area contributed by atoms with Gasteiger partial charge < -0.3 is 10.2 Å². The van der Waals surface area contributed by atoms with Gasteiger partial charge in [0, 0.05) is 39.7 Å². The molecule has 206 valence electrons. The molecule has 0 unspecified atom stereocenters. The molecular formula is C32H51N3OS. The third kappa shape index (κ3) is 11.4. The van der Waals surface area contributed by atoms with Gasteiger partial charge in [0.05, 0.1) is 5.69 Å². The summed E-state index contributed by atoms with van der Waals surface area (Å²) in [6, 6.07) is 14.4. The number of hydrogen-bond acceptors (Lipinski definition) is 4. The summed E-state index contributed by atoms with van der Waals surface area (Å²) in [5.74, 6) is -0.0160. The Morgan fingerprint density at radius 3 is 2.14 bits per heavy atom. The summed E-state index contributed by atoms with van der Waals surface area (Å²) in [7, 11) is 0. The summed E-state index contributed by atoms with van der Waals surface area (Å²) in [5, 5.41) is 3.12. The number of unbranched alkanes of at least 4 members (excludes halogenated alkanes) is 2. The molecule has 0 bridgehead atoms. The molecule has 0 spiro atoms. The van der Waals surface area contributed by atoms with Gasteiger partial charge in [-0.3, -0.25) is 9.79 Å². The Kier molecular flexibility index (Phi) is 17.7. The standard InChI is InChI=1S/C27H37N3OS.C3H8.C2H6/c1-4-7-17-30(18-8-5-2)19-16-28-27(31)21-14-15-26-24(20-21)29-23(11-6-3)22-12-9-10-13-25(22)32-26;1-3-2;1-2/h9-10,12-15,20H,4-8,11,16-19H2,1-3H3,(H,28,31);3H2,1-2H3;1-2H3. The third-order valence-corrected chi connectivity index (χ3v) is 6.89. The van der Waals surface area contributed by atoms with Crippen molar-refractivity contribution in [2.75, 3.05) is 26.2 Å². The highest BCUT2D eigenvalue weighted by Gasteiger charge is 2.18. The van der Waals surface area contributed by atoms with Crippen LogP contribution in [-0.2, 0) is 0 Å². The highest BCUT2D eigenvalue weighted by Crippen LogP contribution is 2.41. The van der Waals surface area contributed by atoms with E-state index < -0.39 is 0 Å². The van der Waals surface area contributed by atoms with E-state index in [1.807, 2.05) is 32.0 Å². The van der Waals surface area contributed by atoms with Crippen LogP contribution in [0.25, 0.3) is 0 Å². The third-order valence-electron chi connectivity index (χ3n) is 5.75. The summed E-state index contributed by atoms with van der Waals surface area (Å²) in [6.07, 6.45) is 8.04. The average Bonchev–Trinajstić information content (AvgIpc) is 3.07. The molecule has 37 heavy (non-hydrogen) atoms. The number of nitrogens with one attached hydrogen (secondary N) is 1. The average molecular weight is 526 g/mol. The fourth-order valence-corrected chi connectivity index (χ4v) is 4.93. The number of hydrogen-bond donors (Lipinski definition) is 1. The number of rotatable bonds is 12. The first-order valence-electron chi connectivity index (χ1n) is 14.6. The van der Waals surface area contributed by atoms with Gasteiger partial charge in [-0.1, -0.05) is 104 Å².